The molecule has 0 amide bonds. The van der Waals surface area contributed by atoms with Crippen LogP contribution in [0.15, 0.2) is 0 Å². The third-order valence-electron chi connectivity index (χ3n) is 0. The second-order valence-electron chi connectivity index (χ2n) is 0. The number of rotatable bonds is 0. The first-order valence-corrected chi connectivity index (χ1v) is 0. The predicted octanol–water partition coefficient (Wildman–Crippen LogP) is 0.443. The van der Waals surface area contributed by atoms with Gasteiger partial charge in [-0.15, -0.1) is 0 Å². The summed E-state index contributed by atoms with van der Waals surface area (Å²) in [6.07, 6.45) is 0. The van der Waals surface area contributed by atoms with Gasteiger partial charge in [0, 0.05) is 65.8 Å². The van der Waals surface area contributed by atoms with E-state index < -0.39 is 0 Å². The van der Waals surface area contributed by atoms with Gasteiger partial charge in [0.25, 0.3) is 0 Å². The van der Waals surface area contributed by atoms with Gasteiger partial charge in [-0.1, -0.05) is 0 Å². The summed E-state index contributed by atoms with van der Waals surface area (Å²) >= 11 is 0. The third-order valence-corrected chi connectivity index (χ3v) is 0. The molecule has 4 heavy (non-hydrogen) atoms. The van der Waals surface area contributed by atoms with Crippen molar-refractivity contribution in [1.29, 1.82) is 0 Å². The summed E-state index contributed by atoms with van der Waals surface area (Å²) < 4.78 is 0. The van der Waals surface area contributed by atoms with Gasteiger partial charge in [0.05, 0.1) is 0 Å². The molecule has 24 valence electrons. The van der Waals surface area contributed by atoms with Crippen LogP contribution in [0.2, 0.25) is 0 Å². The van der Waals surface area contributed by atoms with Crippen LogP contribution in [0.25, 0.3) is 0 Å². The first-order valence-electron chi connectivity index (χ1n) is 0. The predicted molar refractivity (Wildman–Crippen MR) is 6.41 cm³/mol. The molecule has 0 N–H and O–H groups in total. The monoisotopic (exact) mass is 473 g/mol. The summed E-state index contributed by atoms with van der Waals surface area (Å²) in [5.74, 6) is 0. The Morgan fingerprint density at radius 1 is 1.00 bits per heavy atom. The Labute approximate surface area is 72.4 Å². The van der Waals surface area contributed by atoms with Crippen molar-refractivity contribution < 1.29 is 65.8 Å². The second-order valence-corrected chi connectivity index (χ2v) is 0. The van der Waals surface area contributed by atoms with Crippen LogP contribution >= 0.6 is 0 Å². The largest absolute Gasteiger partial charge is 0.358 e. The van der Waals surface area contributed by atoms with Gasteiger partial charge in [-0.2, -0.15) is 0 Å². The summed E-state index contributed by atoms with van der Waals surface area (Å²) in [6.45, 7) is 0. The SMILES string of the molecule is [CH3-].[Nb].[Ta].[W]. The van der Waals surface area contributed by atoms with Gasteiger partial charge in [0.1, 0.15) is 0 Å². The van der Waals surface area contributed by atoms with Gasteiger partial charge in [0.15, 0.2) is 0 Å². The molecule has 0 heterocycles. The van der Waals surface area contributed by atoms with Gasteiger partial charge in [0.2, 0.25) is 0 Å². The molecule has 0 unspecified atom stereocenters. The van der Waals surface area contributed by atoms with E-state index in [9.17, 15) is 0 Å². The Bertz CT molecular complexity index is 8.00. The molecule has 0 aliphatic rings. The topological polar surface area (TPSA) is 0 Å². The van der Waals surface area contributed by atoms with Crippen molar-refractivity contribution in [1.82, 2.24) is 0 Å². The fourth-order valence-electron chi connectivity index (χ4n) is 0. The molecule has 0 saturated heterocycles. The molecule has 2 radical (unpaired) electrons. The maximum Gasteiger partial charge on any atom is 0 e. The molecular formula is CH3NbTaW-. The normalized spacial score (nSPS) is 0. The summed E-state index contributed by atoms with van der Waals surface area (Å²) in [5, 5.41) is 0. The van der Waals surface area contributed by atoms with Crippen molar-refractivity contribution in [3.8, 4) is 0 Å². The number of hydrogen-bond donors (Lipinski definition) is 0. The van der Waals surface area contributed by atoms with E-state index >= 15 is 0 Å². The van der Waals surface area contributed by atoms with Crippen LogP contribution in [0.4, 0.5) is 0 Å². The molecule has 0 aromatic carbocycles. The fraction of sp³-hybridized carbons (Fsp3) is 0. The van der Waals surface area contributed by atoms with E-state index in [1.165, 1.54) is 0 Å². The van der Waals surface area contributed by atoms with Crippen molar-refractivity contribution in [3.63, 3.8) is 0 Å². The molecule has 0 aromatic heterocycles. The van der Waals surface area contributed by atoms with Crippen molar-refractivity contribution >= 4 is 0 Å². The molecule has 0 fully saturated rings. The molecule has 0 aromatic rings. The van der Waals surface area contributed by atoms with E-state index in [0.29, 0.717) is 0 Å². The molecule has 3 heteroatoms. The maximum absolute atomic E-state index is 0. The van der Waals surface area contributed by atoms with Crippen molar-refractivity contribution in [2.24, 2.45) is 0 Å². The molecule has 0 atom stereocenters. The first kappa shape index (κ1) is 35.0. The zero-order chi connectivity index (χ0) is 0. The second kappa shape index (κ2) is 19.1. The molecule has 0 aliphatic carbocycles. The standard InChI is InChI=1S/CH3.Nb.Ta.W/h1H3;;;/q-1;;;. The molecule has 0 spiro atoms. The van der Waals surface area contributed by atoms with Crippen LogP contribution in [0.5, 0.6) is 0 Å². The van der Waals surface area contributed by atoms with E-state index in [4.69, 9.17) is 0 Å². The van der Waals surface area contributed by atoms with Crippen LogP contribution in [-0.4, -0.2) is 0 Å². The zero-order valence-corrected chi connectivity index (χ0v) is 10.6. The molecule has 0 rings (SSSR count). The molecule has 0 bridgehead atoms. The van der Waals surface area contributed by atoms with Gasteiger partial charge in [-0.25, -0.2) is 0 Å². The van der Waals surface area contributed by atoms with Gasteiger partial charge >= 0.3 is 0 Å². The Morgan fingerprint density at radius 2 is 1.00 bits per heavy atom. The van der Waals surface area contributed by atoms with E-state index in [1.54, 1.807) is 0 Å². The van der Waals surface area contributed by atoms with Crippen LogP contribution in [0.1, 0.15) is 0 Å². The smallest absolute Gasteiger partial charge is 0 e. The Kier molecular flexibility index (Phi) is 167. The zero-order valence-electron chi connectivity index (χ0n) is 2.30. The summed E-state index contributed by atoms with van der Waals surface area (Å²) in [7, 11) is 0. The van der Waals surface area contributed by atoms with Gasteiger partial charge < -0.3 is 7.43 Å². The van der Waals surface area contributed by atoms with Crippen LogP contribution in [0.3, 0.4) is 0 Å². The summed E-state index contributed by atoms with van der Waals surface area (Å²) in [4.78, 5) is 0. The van der Waals surface area contributed by atoms with Crippen LogP contribution in [0, 0.1) is 7.43 Å². The summed E-state index contributed by atoms with van der Waals surface area (Å²) in [6, 6.07) is 0. The van der Waals surface area contributed by atoms with E-state index in [-0.39, 0.29) is 73.3 Å². The third kappa shape index (κ3) is 8.90. The maximum atomic E-state index is 0. The summed E-state index contributed by atoms with van der Waals surface area (Å²) in [5.41, 5.74) is 0. The average molecular weight is 473 g/mol. The average Bonchev–Trinajstić information content (AvgIpc) is 0. The van der Waals surface area contributed by atoms with E-state index in [0.717, 1.165) is 0 Å². The van der Waals surface area contributed by atoms with Crippen molar-refractivity contribution in [2.75, 3.05) is 0 Å². The van der Waals surface area contributed by atoms with E-state index in [1.807, 2.05) is 0 Å². The Hall–Kier alpha value is 2.17. The fourth-order valence-corrected chi connectivity index (χ4v) is 0. The van der Waals surface area contributed by atoms with Crippen molar-refractivity contribution in [3.05, 3.63) is 7.43 Å². The first-order chi connectivity index (χ1) is 0. The van der Waals surface area contributed by atoms with E-state index in [2.05, 4.69) is 0 Å². The van der Waals surface area contributed by atoms with Crippen molar-refractivity contribution in [2.45, 2.75) is 0 Å². The van der Waals surface area contributed by atoms with Crippen LogP contribution < -0.4 is 0 Å². The molecule has 0 nitrogen and oxygen atoms in total. The van der Waals surface area contributed by atoms with Gasteiger partial charge in [-0.05, 0) is 0 Å². The quantitative estimate of drug-likeness (QED) is 0.355. The minimum Gasteiger partial charge on any atom is -0.358 e. The Morgan fingerprint density at radius 3 is 1.00 bits per heavy atom. The minimum absolute atomic E-state index is 0. The van der Waals surface area contributed by atoms with Gasteiger partial charge in [-0.3, -0.25) is 0 Å². The molecule has 0 aliphatic heterocycles. The van der Waals surface area contributed by atoms with Crippen LogP contribution in [-0.2, 0) is 65.8 Å². The molecule has 0 saturated carbocycles. The number of hydrogen-bond acceptors (Lipinski definition) is 0. The minimum atomic E-state index is 0. The molecular weight excluding hydrogens is 470 g/mol. The Balaban J connectivity index is 0.